The number of ether oxygens (including phenoxy) is 4. The zero-order valence-electron chi connectivity index (χ0n) is 20.8. The van der Waals surface area contributed by atoms with E-state index in [9.17, 15) is 35.7 Å². The quantitative estimate of drug-likeness (QED) is 0.206. The fraction of sp³-hybridized carbons (Fsp3) is 0.538. The Hall–Kier alpha value is -2.64. The van der Waals surface area contributed by atoms with Gasteiger partial charge in [0, 0.05) is 6.61 Å². The molecule has 0 unspecified atom stereocenters. The van der Waals surface area contributed by atoms with Crippen molar-refractivity contribution in [2.24, 2.45) is 0 Å². The lowest BCUT2D eigenvalue weighted by molar-refractivity contribution is -0.301. The molecule has 7 N–H and O–H groups in total. The summed E-state index contributed by atoms with van der Waals surface area (Å²) in [6, 6.07) is 9.87. The Labute approximate surface area is 215 Å². The molecule has 0 saturated carbocycles. The third-order valence-electron chi connectivity index (χ3n) is 6.75. The molecule has 0 aromatic heterocycles. The number of rotatable bonds is 12. The van der Waals surface area contributed by atoms with Crippen LogP contribution in [0.2, 0.25) is 0 Å². The summed E-state index contributed by atoms with van der Waals surface area (Å²) in [6.07, 6.45) is -6.25. The molecule has 1 aliphatic rings. The minimum atomic E-state index is -1.56. The minimum Gasteiger partial charge on any atom is -0.504 e. The molecule has 206 valence electrons. The van der Waals surface area contributed by atoms with Crippen LogP contribution >= 0.6 is 0 Å². The van der Waals surface area contributed by atoms with Crippen LogP contribution in [0.25, 0.3) is 0 Å². The monoisotopic (exact) mass is 524 g/mol. The van der Waals surface area contributed by atoms with Crippen molar-refractivity contribution in [3.05, 3.63) is 47.5 Å². The van der Waals surface area contributed by atoms with E-state index in [-0.39, 0.29) is 48.0 Å². The van der Waals surface area contributed by atoms with E-state index in [1.54, 1.807) is 24.3 Å². The Bertz CT molecular complexity index is 998. The first kappa shape index (κ1) is 28.9. The molecule has 11 heteroatoms. The third-order valence-corrected chi connectivity index (χ3v) is 6.75. The third kappa shape index (κ3) is 6.63. The molecule has 7 atom stereocenters. The maximum atomic E-state index is 10.3. The number of aliphatic hydroxyl groups is 5. The van der Waals surface area contributed by atoms with Gasteiger partial charge in [0.25, 0.3) is 0 Å². The van der Waals surface area contributed by atoms with Gasteiger partial charge in [-0.25, -0.2) is 0 Å². The summed E-state index contributed by atoms with van der Waals surface area (Å²) in [6.45, 7) is -0.664. The Balaban J connectivity index is 1.90. The average Bonchev–Trinajstić information content (AvgIpc) is 2.90. The highest BCUT2D eigenvalue weighted by molar-refractivity contribution is 5.46. The zero-order valence-corrected chi connectivity index (χ0v) is 20.8. The second kappa shape index (κ2) is 13.2. The van der Waals surface area contributed by atoms with Gasteiger partial charge in [0.1, 0.15) is 24.4 Å². The first-order valence-electron chi connectivity index (χ1n) is 12.0. The van der Waals surface area contributed by atoms with Crippen LogP contribution in [0.1, 0.15) is 35.8 Å². The molecule has 1 aliphatic heterocycles. The number of benzene rings is 2. The van der Waals surface area contributed by atoms with Gasteiger partial charge >= 0.3 is 0 Å². The minimum absolute atomic E-state index is 0.0252. The molecule has 0 aliphatic carbocycles. The van der Waals surface area contributed by atoms with E-state index in [0.717, 1.165) is 11.1 Å². The van der Waals surface area contributed by atoms with Gasteiger partial charge in [-0.05, 0) is 60.1 Å². The summed E-state index contributed by atoms with van der Waals surface area (Å²) in [7, 11) is 2.88. The molecule has 0 radical (unpaired) electrons. The van der Waals surface area contributed by atoms with E-state index < -0.39 is 37.3 Å². The summed E-state index contributed by atoms with van der Waals surface area (Å²) in [5, 5.41) is 69.8. The van der Waals surface area contributed by atoms with Crippen molar-refractivity contribution < 1.29 is 54.7 Å². The number of methoxy groups -OCH3 is 2. The Morgan fingerprint density at radius 2 is 1.32 bits per heavy atom. The summed E-state index contributed by atoms with van der Waals surface area (Å²) >= 11 is 0. The lowest BCUT2D eigenvalue weighted by Gasteiger charge is -2.39. The predicted octanol–water partition coefficient (Wildman–Crippen LogP) is 0.571. The number of phenolic OH excluding ortho intramolecular Hbond substituents is 2. The summed E-state index contributed by atoms with van der Waals surface area (Å²) in [5.74, 6) is -0.105. The molecule has 1 saturated heterocycles. The van der Waals surface area contributed by atoms with Gasteiger partial charge in [-0.2, -0.15) is 0 Å². The highest BCUT2D eigenvalue weighted by Gasteiger charge is 2.44. The van der Waals surface area contributed by atoms with E-state index in [1.807, 2.05) is 0 Å². The lowest BCUT2D eigenvalue weighted by atomic mass is 9.77. The Kier molecular flexibility index (Phi) is 10.4. The van der Waals surface area contributed by atoms with Gasteiger partial charge in [0.05, 0.1) is 27.4 Å². The van der Waals surface area contributed by atoms with E-state index in [1.165, 1.54) is 26.4 Å². The van der Waals surface area contributed by atoms with Crippen LogP contribution in [0.4, 0.5) is 0 Å². The average molecular weight is 525 g/mol. The van der Waals surface area contributed by atoms with Gasteiger partial charge in [0.15, 0.2) is 29.3 Å². The van der Waals surface area contributed by atoms with E-state index in [0.29, 0.717) is 12.8 Å². The summed E-state index contributed by atoms with van der Waals surface area (Å²) in [4.78, 5) is 0. The fourth-order valence-electron chi connectivity index (χ4n) is 4.71. The smallest absolute Gasteiger partial charge is 0.186 e. The second-order valence-electron chi connectivity index (χ2n) is 8.94. The first-order chi connectivity index (χ1) is 17.7. The lowest BCUT2D eigenvalue weighted by Crippen LogP contribution is -2.59. The molecule has 2 aromatic carbocycles. The molecular weight excluding hydrogens is 488 g/mol. The first-order valence-corrected chi connectivity index (χ1v) is 12.0. The van der Waals surface area contributed by atoms with Gasteiger partial charge < -0.3 is 54.7 Å². The summed E-state index contributed by atoms with van der Waals surface area (Å²) < 4.78 is 21.7. The molecule has 0 spiro atoms. The number of hydrogen-bond donors (Lipinski definition) is 7. The van der Waals surface area contributed by atoms with Crippen molar-refractivity contribution in [1.29, 1.82) is 0 Å². The van der Waals surface area contributed by atoms with E-state index >= 15 is 0 Å². The molecule has 1 fully saturated rings. The van der Waals surface area contributed by atoms with Gasteiger partial charge in [0.2, 0.25) is 0 Å². The number of aromatic hydroxyl groups is 2. The maximum absolute atomic E-state index is 10.3. The summed E-state index contributed by atoms with van der Waals surface area (Å²) in [5.41, 5.74) is 1.56. The van der Waals surface area contributed by atoms with Gasteiger partial charge in [-0.3, -0.25) is 0 Å². The van der Waals surface area contributed by atoms with Crippen molar-refractivity contribution >= 4 is 0 Å². The van der Waals surface area contributed by atoms with Crippen molar-refractivity contribution in [2.45, 2.75) is 55.4 Å². The number of phenols is 2. The Morgan fingerprint density at radius 1 is 0.784 bits per heavy atom. The zero-order chi connectivity index (χ0) is 27.1. The number of hydrogen-bond acceptors (Lipinski definition) is 11. The molecule has 1 heterocycles. The molecular formula is C26H36O11. The van der Waals surface area contributed by atoms with Crippen LogP contribution in [0.15, 0.2) is 36.4 Å². The van der Waals surface area contributed by atoms with E-state index in [4.69, 9.17) is 18.9 Å². The van der Waals surface area contributed by atoms with Crippen LogP contribution < -0.4 is 9.47 Å². The van der Waals surface area contributed by atoms with Crippen molar-refractivity contribution in [3.63, 3.8) is 0 Å². The van der Waals surface area contributed by atoms with E-state index in [2.05, 4.69) is 0 Å². The van der Waals surface area contributed by atoms with Gasteiger partial charge in [-0.1, -0.05) is 12.1 Å². The van der Waals surface area contributed by atoms with Crippen molar-refractivity contribution in [2.75, 3.05) is 34.0 Å². The van der Waals surface area contributed by atoms with Gasteiger partial charge in [-0.15, -0.1) is 0 Å². The normalized spacial score (nSPS) is 25.4. The highest BCUT2D eigenvalue weighted by Crippen LogP contribution is 2.43. The maximum Gasteiger partial charge on any atom is 0.186 e. The topological polar surface area (TPSA) is 179 Å². The largest absolute Gasteiger partial charge is 0.504 e. The Morgan fingerprint density at radius 3 is 1.81 bits per heavy atom. The van der Waals surface area contributed by atoms with Crippen LogP contribution in [0.5, 0.6) is 23.0 Å². The van der Waals surface area contributed by atoms with Crippen LogP contribution in [0.3, 0.4) is 0 Å². The predicted molar refractivity (Wildman–Crippen MR) is 131 cm³/mol. The highest BCUT2D eigenvalue weighted by atomic mass is 16.7. The molecule has 0 bridgehead atoms. The van der Waals surface area contributed by atoms with Crippen LogP contribution in [-0.2, 0) is 9.47 Å². The second-order valence-corrected chi connectivity index (χ2v) is 8.94. The standard InChI is InChI=1S/C26H36O11/c1-34-20-11-14(3-5-18(20)29)16(7-9-27)17(15-4-6-19(30)21(12-15)35-2)8-10-36-26-25(33)24(32)23(31)22(13-28)37-26/h3-6,11-12,16-17,22-33H,7-10,13H2,1-2H3/t16-,17+,22+,23+,24-,25+,26+/m0/s1. The van der Waals surface area contributed by atoms with Crippen LogP contribution in [0, 0.1) is 0 Å². The number of aliphatic hydroxyl groups excluding tert-OH is 5. The molecule has 37 heavy (non-hydrogen) atoms. The molecule has 0 amide bonds. The van der Waals surface area contributed by atoms with Crippen molar-refractivity contribution in [3.8, 4) is 23.0 Å². The SMILES string of the molecule is COc1cc([C@@H](CCO[C@@H]2O[C@H](CO)[C@@H](O)[C@H](O)[C@H]2O)[C@@H](CCO)c2ccc(O)c(OC)c2)ccc1O. The molecule has 3 rings (SSSR count). The fourth-order valence-corrected chi connectivity index (χ4v) is 4.71. The van der Waals surface area contributed by atoms with Crippen molar-refractivity contribution in [1.82, 2.24) is 0 Å². The van der Waals surface area contributed by atoms with Crippen LogP contribution in [-0.4, -0.2) is 100 Å². The molecule has 2 aromatic rings. The molecule has 11 nitrogen and oxygen atoms in total.